The Labute approximate surface area is 156 Å². The number of hydrogen-bond acceptors (Lipinski definition) is 4. The molecule has 0 aromatic heterocycles. The monoisotopic (exact) mass is 485 g/mol. The molecule has 0 saturated heterocycles. The van der Waals surface area contributed by atoms with Crippen molar-refractivity contribution < 1.29 is 14.2 Å². The van der Waals surface area contributed by atoms with Crippen LogP contribution < -0.4 is 20.1 Å². The largest absolute Gasteiger partial charge is 0.454 e. The van der Waals surface area contributed by atoms with Crippen molar-refractivity contribution in [2.24, 2.45) is 4.99 Å². The number of nitrogens with zero attached hydrogens (tertiary/aromatic N) is 1. The van der Waals surface area contributed by atoms with E-state index < -0.39 is 0 Å². The molecule has 1 aromatic carbocycles. The lowest BCUT2D eigenvalue weighted by Crippen LogP contribution is -2.38. The first kappa shape index (κ1) is 19.3. The van der Waals surface area contributed by atoms with Crippen molar-refractivity contribution in [3.8, 4) is 11.5 Å². The van der Waals surface area contributed by atoms with E-state index in [1.54, 1.807) is 7.05 Å². The fourth-order valence-corrected chi connectivity index (χ4v) is 2.52. The van der Waals surface area contributed by atoms with Crippen LogP contribution >= 0.6 is 39.9 Å². The van der Waals surface area contributed by atoms with Gasteiger partial charge in [0.2, 0.25) is 6.79 Å². The second-order valence-corrected chi connectivity index (χ2v) is 5.22. The lowest BCUT2D eigenvalue weighted by Gasteiger charge is -2.12. The summed E-state index contributed by atoms with van der Waals surface area (Å²) >= 11 is 3.49. The molecule has 1 aromatic rings. The van der Waals surface area contributed by atoms with Crippen LogP contribution in [0.25, 0.3) is 0 Å². The van der Waals surface area contributed by atoms with E-state index in [1.165, 1.54) is 0 Å². The van der Waals surface area contributed by atoms with Crippen molar-refractivity contribution in [2.45, 2.75) is 13.5 Å². The minimum absolute atomic E-state index is 0. The Morgan fingerprint density at radius 2 is 2.18 bits per heavy atom. The number of fused-ring (bicyclic) bond motifs is 1. The molecule has 0 bridgehead atoms. The van der Waals surface area contributed by atoms with Gasteiger partial charge in [-0.15, -0.1) is 24.0 Å². The van der Waals surface area contributed by atoms with Gasteiger partial charge in [0.1, 0.15) is 0 Å². The van der Waals surface area contributed by atoms with Gasteiger partial charge in [-0.05, 0) is 40.5 Å². The molecule has 0 atom stereocenters. The zero-order valence-corrected chi connectivity index (χ0v) is 16.6. The number of ether oxygens (including phenoxy) is 3. The summed E-state index contributed by atoms with van der Waals surface area (Å²) in [6.07, 6.45) is 0. The van der Waals surface area contributed by atoms with Gasteiger partial charge in [-0.25, -0.2) is 0 Å². The van der Waals surface area contributed by atoms with Crippen molar-refractivity contribution >= 4 is 45.9 Å². The van der Waals surface area contributed by atoms with Crippen LogP contribution in [-0.2, 0) is 11.3 Å². The van der Waals surface area contributed by atoms with Gasteiger partial charge in [0.15, 0.2) is 17.5 Å². The molecular formula is C14H21BrIN3O3. The van der Waals surface area contributed by atoms with Crippen LogP contribution in [0.1, 0.15) is 12.5 Å². The van der Waals surface area contributed by atoms with Crippen LogP contribution in [0.2, 0.25) is 0 Å². The summed E-state index contributed by atoms with van der Waals surface area (Å²) in [7, 11) is 1.74. The molecule has 8 heteroatoms. The standard InChI is InChI=1S/C14H20BrN3O3.HI/c1-3-19-5-4-17-14(16-2)18-8-10-6-11(15)13-12(7-10)20-9-21-13;/h6-7H,3-5,8-9H2,1-2H3,(H2,16,17,18);1H. The van der Waals surface area contributed by atoms with E-state index in [4.69, 9.17) is 14.2 Å². The van der Waals surface area contributed by atoms with Crippen molar-refractivity contribution in [3.05, 3.63) is 22.2 Å². The van der Waals surface area contributed by atoms with Crippen molar-refractivity contribution in [1.82, 2.24) is 10.6 Å². The first-order valence-corrected chi connectivity index (χ1v) is 7.64. The minimum atomic E-state index is 0. The Balaban J connectivity index is 0.00000242. The number of nitrogens with one attached hydrogen (secondary N) is 2. The topological polar surface area (TPSA) is 64.1 Å². The third kappa shape index (κ3) is 5.47. The van der Waals surface area contributed by atoms with Crippen molar-refractivity contribution in [3.63, 3.8) is 0 Å². The average molecular weight is 486 g/mol. The molecule has 2 N–H and O–H groups in total. The van der Waals surface area contributed by atoms with Gasteiger partial charge in [-0.1, -0.05) is 0 Å². The molecule has 0 saturated carbocycles. The highest BCUT2D eigenvalue weighted by Gasteiger charge is 2.17. The van der Waals surface area contributed by atoms with Crippen LogP contribution in [0.5, 0.6) is 11.5 Å². The van der Waals surface area contributed by atoms with E-state index in [-0.39, 0.29) is 30.8 Å². The number of aliphatic imine (C=N–C) groups is 1. The van der Waals surface area contributed by atoms with E-state index in [2.05, 4.69) is 31.6 Å². The summed E-state index contributed by atoms with van der Waals surface area (Å²) < 4.78 is 16.9. The Kier molecular flexibility index (Phi) is 8.88. The second kappa shape index (κ2) is 10.1. The fourth-order valence-electron chi connectivity index (χ4n) is 1.92. The highest BCUT2D eigenvalue weighted by Crippen LogP contribution is 2.39. The van der Waals surface area contributed by atoms with Gasteiger partial charge < -0.3 is 24.8 Å². The van der Waals surface area contributed by atoms with Gasteiger partial charge in [-0.3, -0.25) is 4.99 Å². The van der Waals surface area contributed by atoms with Gasteiger partial charge in [-0.2, -0.15) is 0 Å². The Bertz CT molecular complexity index is 514. The van der Waals surface area contributed by atoms with Crippen LogP contribution in [0.15, 0.2) is 21.6 Å². The van der Waals surface area contributed by atoms with Crippen LogP contribution in [-0.4, -0.2) is 39.6 Å². The summed E-state index contributed by atoms with van der Waals surface area (Å²) in [6, 6.07) is 3.97. The highest BCUT2D eigenvalue weighted by molar-refractivity contribution is 14.0. The van der Waals surface area contributed by atoms with Crippen LogP contribution in [0, 0.1) is 0 Å². The molecule has 6 nitrogen and oxygen atoms in total. The molecule has 1 aliphatic rings. The smallest absolute Gasteiger partial charge is 0.231 e. The summed E-state index contributed by atoms with van der Waals surface area (Å²) in [4.78, 5) is 4.17. The zero-order chi connectivity index (χ0) is 15.1. The predicted molar refractivity (Wildman–Crippen MR) is 100 cm³/mol. The van der Waals surface area contributed by atoms with E-state index in [1.807, 2.05) is 19.1 Å². The normalized spacial score (nSPS) is 12.8. The molecule has 0 spiro atoms. The first-order valence-electron chi connectivity index (χ1n) is 6.85. The maximum atomic E-state index is 5.40. The molecule has 1 heterocycles. The van der Waals surface area contributed by atoms with Crippen LogP contribution in [0.3, 0.4) is 0 Å². The first-order chi connectivity index (χ1) is 10.2. The summed E-state index contributed by atoms with van der Waals surface area (Å²) in [5.41, 5.74) is 1.08. The molecule has 0 fully saturated rings. The quantitative estimate of drug-likeness (QED) is 0.280. The number of guanidine groups is 1. The van der Waals surface area contributed by atoms with Crippen molar-refractivity contribution in [2.75, 3.05) is 33.6 Å². The predicted octanol–water partition coefficient (Wildman–Crippen LogP) is 2.50. The molecular weight excluding hydrogens is 465 g/mol. The molecule has 0 amide bonds. The third-order valence-corrected chi connectivity index (χ3v) is 3.50. The molecule has 0 unspecified atom stereocenters. The fraction of sp³-hybridized carbons (Fsp3) is 0.500. The molecule has 0 aliphatic carbocycles. The molecule has 1 aliphatic heterocycles. The zero-order valence-electron chi connectivity index (χ0n) is 12.6. The second-order valence-electron chi connectivity index (χ2n) is 4.36. The Hall–Kier alpha value is -0.740. The number of rotatable bonds is 6. The van der Waals surface area contributed by atoms with E-state index in [0.29, 0.717) is 13.2 Å². The van der Waals surface area contributed by atoms with Gasteiger partial charge in [0.25, 0.3) is 0 Å². The van der Waals surface area contributed by atoms with Gasteiger partial charge >= 0.3 is 0 Å². The van der Waals surface area contributed by atoms with Gasteiger partial charge in [0, 0.05) is 26.7 Å². The SMILES string of the molecule is CCOCCNC(=NC)NCc1cc(Br)c2c(c1)OCO2.I. The Morgan fingerprint density at radius 1 is 1.36 bits per heavy atom. The highest BCUT2D eigenvalue weighted by atomic mass is 127. The summed E-state index contributed by atoms with van der Waals surface area (Å²) in [6.45, 7) is 4.99. The lowest BCUT2D eigenvalue weighted by molar-refractivity contribution is 0.152. The van der Waals surface area contributed by atoms with Gasteiger partial charge in [0.05, 0.1) is 11.1 Å². The molecule has 2 rings (SSSR count). The van der Waals surface area contributed by atoms with E-state index in [9.17, 15) is 0 Å². The molecule has 124 valence electrons. The maximum Gasteiger partial charge on any atom is 0.231 e. The van der Waals surface area contributed by atoms with E-state index >= 15 is 0 Å². The summed E-state index contributed by atoms with van der Waals surface area (Å²) in [5, 5.41) is 6.43. The van der Waals surface area contributed by atoms with Crippen LogP contribution in [0.4, 0.5) is 0 Å². The molecule has 22 heavy (non-hydrogen) atoms. The van der Waals surface area contributed by atoms with Crippen molar-refractivity contribution in [1.29, 1.82) is 0 Å². The number of hydrogen-bond donors (Lipinski definition) is 2. The molecule has 0 radical (unpaired) electrons. The maximum absolute atomic E-state index is 5.40. The Morgan fingerprint density at radius 3 is 2.91 bits per heavy atom. The number of halogens is 2. The third-order valence-electron chi connectivity index (χ3n) is 2.91. The minimum Gasteiger partial charge on any atom is -0.454 e. The summed E-state index contributed by atoms with van der Waals surface area (Å²) in [5.74, 6) is 2.27. The van der Waals surface area contributed by atoms with E-state index in [0.717, 1.165) is 40.6 Å². The number of benzene rings is 1. The lowest BCUT2D eigenvalue weighted by atomic mass is 10.2. The average Bonchev–Trinajstić information content (AvgIpc) is 2.95.